The second-order valence-electron chi connectivity index (χ2n) is 9.40. The highest BCUT2D eigenvalue weighted by atomic mass is 79.9. The van der Waals surface area contributed by atoms with Gasteiger partial charge in [0.25, 0.3) is 0 Å². The largest absolute Gasteiger partial charge is 0.484 e. The third kappa shape index (κ3) is 4.54. The lowest BCUT2D eigenvalue weighted by molar-refractivity contribution is -0.138. The Kier molecular flexibility index (Phi) is 6.62. The minimum Gasteiger partial charge on any atom is -0.484 e. The van der Waals surface area contributed by atoms with Crippen molar-refractivity contribution in [3.63, 3.8) is 0 Å². The van der Waals surface area contributed by atoms with Crippen LogP contribution in [0.15, 0.2) is 51.8 Å². The summed E-state index contributed by atoms with van der Waals surface area (Å²) in [6, 6.07) is 12.3. The molecule has 3 aromatic carbocycles. The molecular weight excluding hydrogens is 553 g/mol. The summed E-state index contributed by atoms with van der Waals surface area (Å²) in [5.74, 6) is 0.618. The Bertz CT molecular complexity index is 1350. The maximum Gasteiger partial charge on any atom is 0.416 e. The third-order valence-electron chi connectivity index (χ3n) is 7.00. The zero-order chi connectivity index (χ0) is 25.8. The average Bonchev–Trinajstić information content (AvgIpc) is 3.39. The normalized spacial score (nSPS) is 18.7. The highest BCUT2D eigenvalue weighted by Gasteiger charge is 2.33. The third-order valence-corrected chi connectivity index (χ3v) is 9.34. The molecule has 2 aliphatic rings. The first-order valence-electron chi connectivity index (χ1n) is 11.7. The topological polar surface area (TPSA) is 46.5 Å². The second kappa shape index (κ2) is 9.45. The molecule has 0 fully saturated rings. The lowest BCUT2D eigenvalue weighted by atomic mass is 9.89. The fourth-order valence-electron chi connectivity index (χ4n) is 5.44. The number of aryl methyl sites for hydroxylation is 2. The number of carbonyl (C=O) groups is 1. The first kappa shape index (κ1) is 25.2. The second-order valence-corrected chi connectivity index (χ2v) is 11.2. The average molecular weight is 577 g/mol. The van der Waals surface area contributed by atoms with Gasteiger partial charge in [-0.15, -0.1) is 11.8 Å². The molecule has 0 spiro atoms. The van der Waals surface area contributed by atoms with Crippen molar-refractivity contribution < 1.29 is 27.8 Å². The summed E-state index contributed by atoms with van der Waals surface area (Å²) < 4.78 is 47.2. The predicted molar refractivity (Wildman–Crippen MR) is 138 cm³/mol. The van der Waals surface area contributed by atoms with Crippen LogP contribution in [-0.4, -0.2) is 16.8 Å². The fraction of sp³-hybridized carbons (Fsp3) is 0.321. The van der Waals surface area contributed by atoms with E-state index < -0.39 is 17.7 Å². The molecule has 1 aliphatic carbocycles. The number of alkyl halides is 3. The van der Waals surface area contributed by atoms with Gasteiger partial charge in [0, 0.05) is 16.6 Å². The molecule has 3 aromatic rings. The summed E-state index contributed by atoms with van der Waals surface area (Å²) in [6.45, 7) is 3.47. The lowest BCUT2D eigenvalue weighted by Crippen LogP contribution is -2.07. The van der Waals surface area contributed by atoms with Crippen molar-refractivity contribution in [3.8, 4) is 16.9 Å². The van der Waals surface area contributed by atoms with Crippen molar-refractivity contribution in [2.24, 2.45) is 0 Å². The quantitative estimate of drug-likeness (QED) is 0.331. The van der Waals surface area contributed by atoms with Crippen LogP contribution in [0, 0.1) is 13.8 Å². The van der Waals surface area contributed by atoms with Gasteiger partial charge in [-0.2, -0.15) is 13.2 Å². The van der Waals surface area contributed by atoms with Gasteiger partial charge >= 0.3 is 12.1 Å². The van der Waals surface area contributed by atoms with E-state index in [1.54, 1.807) is 25.6 Å². The van der Waals surface area contributed by atoms with E-state index in [1.165, 1.54) is 12.1 Å². The number of hydrogen-bond donors (Lipinski definition) is 1. The SMILES string of the molecule is Cc1cc(C(F)(F)F)cc(C)c1-c1cccc2c1CCC2Oc1ccc2c(c1Br)SC[C@H]2CC(=O)O. The Morgan fingerprint density at radius 1 is 1.14 bits per heavy atom. The molecule has 0 bridgehead atoms. The Labute approximate surface area is 220 Å². The molecular formula is C28H24BrF3O3S. The lowest BCUT2D eigenvalue weighted by Gasteiger charge is -2.20. The van der Waals surface area contributed by atoms with Crippen LogP contribution in [-0.2, 0) is 17.4 Å². The van der Waals surface area contributed by atoms with E-state index in [9.17, 15) is 23.1 Å². The molecule has 0 amide bonds. The number of halogens is 4. The van der Waals surface area contributed by atoms with Crippen molar-refractivity contribution in [1.82, 2.24) is 0 Å². The molecule has 36 heavy (non-hydrogen) atoms. The van der Waals surface area contributed by atoms with Crippen LogP contribution in [0.5, 0.6) is 5.75 Å². The molecule has 5 rings (SSSR count). The van der Waals surface area contributed by atoms with Gasteiger partial charge in [-0.25, -0.2) is 0 Å². The van der Waals surface area contributed by atoms with E-state index in [2.05, 4.69) is 15.9 Å². The van der Waals surface area contributed by atoms with Crippen molar-refractivity contribution >= 4 is 33.7 Å². The summed E-state index contributed by atoms with van der Waals surface area (Å²) >= 11 is 5.32. The minimum atomic E-state index is -4.37. The summed E-state index contributed by atoms with van der Waals surface area (Å²) in [6.07, 6.45) is -2.91. The highest BCUT2D eigenvalue weighted by Crippen LogP contribution is 2.50. The smallest absolute Gasteiger partial charge is 0.416 e. The van der Waals surface area contributed by atoms with Crippen LogP contribution in [0.1, 0.15) is 58.2 Å². The number of benzene rings is 3. The van der Waals surface area contributed by atoms with E-state index in [-0.39, 0.29) is 18.4 Å². The number of fused-ring (bicyclic) bond motifs is 2. The molecule has 3 nitrogen and oxygen atoms in total. The molecule has 2 atom stereocenters. The van der Waals surface area contributed by atoms with Gasteiger partial charge in [0.2, 0.25) is 0 Å². The van der Waals surface area contributed by atoms with E-state index in [4.69, 9.17) is 4.74 Å². The maximum absolute atomic E-state index is 13.3. The summed E-state index contributed by atoms with van der Waals surface area (Å²) in [4.78, 5) is 12.2. The number of aliphatic carboxylic acids is 1. The maximum atomic E-state index is 13.3. The van der Waals surface area contributed by atoms with E-state index >= 15 is 0 Å². The first-order chi connectivity index (χ1) is 17.0. The van der Waals surface area contributed by atoms with E-state index in [1.807, 2.05) is 30.3 Å². The number of hydrogen-bond acceptors (Lipinski definition) is 3. The number of rotatable bonds is 5. The van der Waals surface area contributed by atoms with Gasteiger partial charge in [-0.1, -0.05) is 24.3 Å². The van der Waals surface area contributed by atoms with Crippen LogP contribution in [0.4, 0.5) is 13.2 Å². The fourth-order valence-corrected chi connectivity index (χ4v) is 7.54. The zero-order valence-electron chi connectivity index (χ0n) is 19.7. The molecule has 1 unspecified atom stereocenters. The predicted octanol–water partition coefficient (Wildman–Crippen LogP) is 8.48. The number of carboxylic acid groups (broad SMARTS) is 1. The van der Waals surface area contributed by atoms with Gasteiger partial charge in [-0.3, -0.25) is 4.79 Å². The summed E-state index contributed by atoms with van der Waals surface area (Å²) in [5, 5.41) is 9.20. The van der Waals surface area contributed by atoms with Crippen LogP contribution >= 0.6 is 27.7 Å². The van der Waals surface area contributed by atoms with E-state index in [0.29, 0.717) is 16.9 Å². The van der Waals surface area contributed by atoms with Gasteiger partial charge in [0.05, 0.1) is 16.5 Å². The zero-order valence-corrected chi connectivity index (χ0v) is 22.1. The van der Waals surface area contributed by atoms with Crippen LogP contribution < -0.4 is 4.74 Å². The van der Waals surface area contributed by atoms with Crippen molar-refractivity contribution in [1.29, 1.82) is 0 Å². The molecule has 0 saturated heterocycles. The number of carboxylic acids is 1. The van der Waals surface area contributed by atoms with Crippen LogP contribution in [0.2, 0.25) is 0 Å². The molecule has 0 saturated carbocycles. The Hall–Kier alpha value is -2.45. The first-order valence-corrected chi connectivity index (χ1v) is 13.5. The van der Waals surface area contributed by atoms with Gasteiger partial charge in [0.15, 0.2) is 0 Å². The molecule has 8 heteroatoms. The molecule has 1 N–H and O–H groups in total. The van der Waals surface area contributed by atoms with E-state index in [0.717, 1.165) is 55.8 Å². The molecule has 1 aliphatic heterocycles. The van der Waals surface area contributed by atoms with Crippen molar-refractivity contribution in [2.45, 2.75) is 56.2 Å². The number of ether oxygens (including phenoxy) is 1. The molecule has 0 aromatic heterocycles. The molecule has 188 valence electrons. The highest BCUT2D eigenvalue weighted by molar-refractivity contribution is 9.10. The molecule has 1 heterocycles. The Morgan fingerprint density at radius 3 is 2.53 bits per heavy atom. The summed E-state index contributed by atoms with van der Waals surface area (Å²) in [5.41, 5.74) is 5.59. The van der Waals surface area contributed by atoms with Crippen LogP contribution in [0.25, 0.3) is 11.1 Å². The minimum absolute atomic E-state index is 0.0159. The van der Waals surface area contributed by atoms with Gasteiger partial charge in [-0.05, 0) is 99.8 Å². The van der Waals surface area contributed by atoms with Gasteiger partial charge < -0.3 is 9.84 Å². The monoisotopic (exact) mass is 576 g/mol. The Morgan fingerprint density at radius 2 is 1.86 bits per heavy atom. The standard InChI is InChI=1S/C28H24BrF3O3S/c1-14-10-17(28(30,31)32)11-15(2)25(14)21-5-3-4-20-19(21)7-8-22(20)35-23-9-6-18-16(12-24(33)34)13-36-27(18)26(23)29/h3-6,9-11,16,22H,7-8,12-13H2,1-2H3,(H,33,34)/t16-,22?/m1/s1. The summed E-state index contributed by atoms with van der Waals surface area (Å²) in [7, 11) is 0. The van der Waals surface area contributed by atoms with Crippen molar-refractivity contribution in [3.05, 3.63) is 80.3 Å². The van der Waals surface area contributed by atoms with Crippen molar-refractivity contribution in [2.75, 3.05) is 5.75 Å². The molecule has 0 radical (unpaired) electrons. The Balaban J connectivity index is 1.45. The van der Waals surface area contributed by atoms with Gasteiger partial charge in [0.1, 0.15) is 11.9 Å². The number of thioether (sulfide) groups is 1. The van der Waals surface area contributed by atoms with Crippen LogP contribution in [0.3, 0.4) is 0 Å².